The Bertz CT molecular complexity index is 890. The zero-order valence-corrected chi connectivity index (χ0v) is 15.6. The average molecular weight is 386 g/mol. The van der Waals surface area contributed by atoms with Crippen molar-refractivity contribution in [3.05, 3.63) is 46.4 Å². The Morgan fingerprint density at radius 1 is 1.40 bits per heavy atom. The Balaban J connectivity index is 1.60. The first-order chi connectivity index (χ1) is 11.8. The third-order valence-corrected chi connectivity index (χ3v) is 6.41. The molecule has 0 spiro atoms. The second-order valence-electron chi connectivity index (χ2n) is 6.65. The molecule has 0 amide bonds. The summed E-state index contributed by atoms with van der Waals surface area (Å²) in [6.07, 6.45) is 1.14. The number of halogens is 1. The Hall–Kier alpha value is -1.58. The fourth-order valence-electron chi connectivity index (χ4n) is 3.07. The van der Waals surface area contributed by atoms with Gasteiger partial charge in [0.25, 0.3) is 4.84 Å². The average Bonchev–Trinajstić information content (AvgIpc) is 3.04. The summed E-state index contributed by atoms with van der Waals surface area (Å²) in [5, 5.41) is 4.39. The number of benzene rings is 1. The van der Waals surface area contributed by atoms with Crippen molar-refractivity contribution in [2.45, 2.75) is 26.1 Å². The molecule has 2 atom stereocenters. The highest BCUT2D eigenvalue weighted by Crippen LogP contribution is 2.22. The van der Waals surface area contributed by atoms with Crippen molar-refractivity contribution >= 4 is 22.1 Å². The van der Waals surface area contributed by atoms with Crippen molar-refractivity contribution < 1.29 is 22.1 Å². The number of quaternary nitrogens is 1. The number of rotatable bonds is 6. The van der Waals surface area contributed by atoms with E-state index in [4.69, 9.17) is 16.6 Å². The first kappa shape index (κ1) is 18.2. The van der Waals surface area contributed by atoms with Gasteiger partial charge in [-0.25, -0.2) is 12.8 Å². The highest BCUT2D eigenvalue weighted by molar-refractivity contribution is 7.91. The minimum Gasteiger partial charge on any atom is -0.414 e. The zero-order valence-electron chi connectivity index (χ0n) is 13.9. The van der Waals surface area contributed by atoms with Gasteiger partial charge in [0.1, 0.15) is 12.4 Å². The van der Waals surface area contributed by atoms with Crippen molar-refractivity contribution in [1.29, 1.82) is 0 Å². The Morgan fingerprint density at radius 2 is 2.12 bits per heavy atom. The van der Waals surface area contributed by atoms with E-state index in [2.05, 4.69) is 5.10 Å². The standard InChI is InChI=1S/C16H20FN3O3S2/c1-19(9-12-2-4-14(17)5-3-12)11-20-16(24)23-15(18-20)8-13-6-7-25(21,22)10-13/h2-5,13H,6-11H2,1H3/p+1/t13-/m1/s1. The van der Waals surface area contributed by atoms with Gasteiger partial charge in [-0.15, -0.1) is 5.10 Å². The smallest absolute Gasteiger partial charge is 0.291 e. The van der Waals surface area contributed by atoms with Gasteiger partial charge in [-0.3, -0.25) is 0 Å². The minimum absolute atomic E-state index is 0.0517. The van der Waals surface area contributed by atoms with Crippen LogP contribution in [-0.2, 0) is 29.5 Å². The molecular weight excluding hydrogens is 365 g/mol. The summed E-state index contributed by atoms with van der Waals surface area (Å²) < 4.78 is 43.2. The minimum atomic E-state index is -2.91. The molecule has 0 saturated carbocycles. The molecule has 1 aliphatic rings. The SMILES string of the molecule is C[NH+](Cc1ccc(F)cc1)Cn1nc(C[C@H]2CCS(=O)(=O)C2)oc1=S. The molecule has 1 aromatic carbocycles. The lowest BCUT2D eigenvalue weighted by molar-refractivity contribution is -0.917. The van der Waals surface area contributed by atoms with Gasteiger partial charge >= 0.3 is 0 Å². The molecule has 0 radical (unpaired) electrons. The maximum Gasteiger partial charge on any atom is 0.291 e. The van der Waals surface area contributed by atoms with E-state index >= 15 is 0 Å². The summed E-state index contributed by atoms with van der Waals surface area (Å²) in [6, 6.07) is 6.40. The Labute approximate surface area is 151 Å². The van der Waals surface area contributed by atoms with Crippen LogP contribution in [0.2, 0.25) is 0 Å². The number of hydrogen-bond donors (Lipinski definition) is 1. The van der Waals surface area contributed by atoms with Crippen LogP contribution < -0.4 is 4.90 Å². The molecule has 2 heterocycles. The van der Waals surface area contributed by atoms with Crippen molar-refractivity contribution in [2.24, 2.45) is 5.92 Å². The fourth-order valence-corrected chi connectivity index (χ4v) is 5.14. The maximum atomic E-state index is 13.0. The van der Waals surface area contributed by atoms with Crippen LogP contribution in [0.1, 0.15) is 17.9 Å². The zero-order chi connectivity index (χ0) is 18.0. The van der Waals surface area contributed by atoms with Gasteiger partial charge in [0.2, 0.25) is 5.89 Å². The van der Waals surface area contributed by atoms with E-state index in [1.165, 1.54) is 12.1 Å². The lowest BCUT2D eigenvalue weighted by Crippen LogP contribution is -3.07. The predicted octanol–water partition coefficient (Wildman–Crippen LogP) is 0.994. The topological polar surface area (TPSA) is 69.5 Å². The van der Waals surface area contributed by atoms with Gasteiger partial charge in [0.15, 0.2) is 16.5 Å². The van der Waals surface area contributed by atoms with E-state index in [1.54, 1.807) is 16.8 Å². The third kappa shape index (κ3) is 4.96. The molecule has 1 aromatic heterocycles. The van der Waals surface area contributed by atoms with Crippen molar-refractivity contribution in [2.75, 3.05) is 18.6 Å². The van der Waals surface area contributed by atoms with Gasteiger partial charge in [0, 0.05) is 12.0 Å². The van der Waals surface area contributed by atoms with Crippen LogP contribution in [0.4, 0.5) is 4.39 Å². The number of hydrogen-bond acceptors (Lipinski definition) is 5. The van der Waals surface area contributed by atoms with E-state index < -0.39 is 9.84 Å². The molecule has 0 bridgehead atoms. The first-order valence-corrected chi connectivity index (χ1v) is 10.4. The molecule has 0 aliphatic carbocycles. The van der Waals surface area contributed by atoms with Crippen LogP contribution in [0.25, 0.3) is 0 Å². The van der Waals surface area contributed by atoms with Gasteiger partial charge < -0.3 is 9.32 Å². The van der Waals surface area contributed by atoms with E-state index in [0.717, 1.165) is 10.5 Å². The normalized spacial score (nSPS) is 20.6. The lowest BCUT2D eigenvalue weighted by atomic mass is 10.1. The van der Waals surface area contributed by atoms with E-state index in [-0.39, 0.29) is 28.1 Å². The Kier molecular flexibility index (Phi) is 5.35. The van der Waals surface area contributed by atoms with Crippen LogP contribution in [0.15, 0.2) is 28.7 Å². The molecule has 136 valence electrons. The van der Waals surface area contributed by atoms with Crippen LogP contribution in [0.5, 0.6) is 0 Å². The summed E-state index contributed by atoms with van der Waals surface area (Å²) in [4.78, 5) is 1.40. The third-order valence-electron chi connectivity index (χ3n) is 4.28. The van der Waals surface area contributed by atoms with Gasteiger partial charge in [-0.2, -0.15) is 4.68 Å². The number of sulfone groups is 1. The van der Waals surface area contributed by atoms with E-state index in [1.807, 2.05) is 7.05 Å². The lowest BCUT2D eigenvalue weighted by Gasteiger charge is -2.13. The summed E-state index contributed by atoms with van der Waals surface area (Å²) in [5.74, 6) is 0.720. The molecule has 1 N–H and O–H groups in total. The summed E-state index contributed by atoms with van der Waals surface area (Å²) in [7, 11) is -0.920. The molecular formula is C16H21FN3O3S2+. The highest BCUT2D eigenvalue weighted by Gasteiger charge is 2.29. The van der Waals surface area contributed by atoms with Gasteiger partial charge in [0.05, 0.1) is 18.6 Å². The van der Waals surface area contributed by atoms with Crippen molar-refractivity contribution in [1.82, 2.24) is 9.78 Å². The quantitative estimate of drug-likeness (QED) is 0.750. The molecule has 3 rings (SSSR count). The molecule has 1 fully saturated rings. The van der Waals surface area contributed by atoms with Crippen molar-refractivity contribution in [3.63, 3.8) is 0 Å². The van der Waals surface area contributed by atoms with Crippen molar-refractivity contribution in [3.8, 4) is 0 Å². The summed E-state index contributed by atoms with van der Waals surface area (Å²) in [5.41, 5.74) is 1.02. The second kappa shape index (κ2) is 7.35. The molecule has 9 heteroatoms. The summed E-state index contributed by atoms with van der Waals surface area (Å²) >= 11 is 5.21. The molecule has 1 saturated heterocycles. The maximum absolute atomic E-state index is 13.0. The van der Waals surface area contributed by atoms with Crippen LogP contribution in [-0.4, -0.2) is 36.8 Å². The second-order valence-corrected chi connectivity index (χ2v) is 9.23. The predicted molar refractivity (Wildman–Crippen MR) is 92.8 cm³/mol. The highest BCUT2D eigenvalue weighted by atomic mass is 32.2. The number of aromatic nitrogens is 2. The Morgan fingerprint density at radius 3 is 2.76 bits per heavy atom. The molecule has 2 aromatic rings. The molecule has 1 aliphatic heterocycles. The van der Waals surface area contributed by atoms with E-state index in [0.29, 0.717) is 31.9 Å². The van der Waals surface area contributed by atoms with Gasteiger partial charge in [-0.05, 0) is 36.7 Å². The largest absolute Gasteiger partial charge is 0.414 e. The molecule has 25 heavy (non-hydrogen) atoms. The first-order valence-electron chi connectivity index (χ1n) is 8.14. The fraction of sp³-hybridized carbons (Fsp3) is 0.500. The van der Waals surface area contributed by atoms with Gasteiger partial charge in [-0.1, -0.05) is 12.1 Å². The number of nitrogens with one attached hydrogen (secondary N) is 1. The van der Waals surface area contributed by atoms with E-state index in [9.17, 15) is 12.8 Å². The summed E-state index contributed by atoms with van der Waals surface area (Å²) in [6.45, 7) is 1.22. The molecule has 1 unspecified atom stereocenters. The monoisotopic (exact) mass is 386 g/mol. The molecule has 6 nitrogen and oxygen atoms in total. The van der Waals surface area contributed by atoms with Crippen LogP contribution in [0.3, 0.4) is 0 Å². The van der Waals surface area contributed by atoms with Crippen LogP contribution >= 0.6 is 12.2 Å². The number of nitrogens with zero attached hydrogens (tertiary/aromatic N) is 2. The van der Waals surface area contributed by atoms with Crippen LogP contribution in [0, 0.1) is 16.6 Å².